The zero-order valence-electron chi connectivity index (χ0n) is 9.36. The summed E-state index contributed by atoms with van der Waals surface area (Å²) in [5.74, 6) is -0.0954. The highest BCUT2D eigenvalue weighted by atomic mass is 32.2. The smallest absolute Gasteiger partial charge is 0.336 e. The van der Waals surface area contributed by atoms with Crippen LogP contribution in [0.1, 0.15) is 6.92 Å². The molecule has 0 saturated carbocycles. The summed E-state index contributed by atoms with van der Waals surface area (Å²) in [4.78, 5) is 11.6. The zero-order valence-corrected chi connectivity index (χ0v) is 11.8. The lowest BCUT2D eigenvalue weighted by Gasteiger charge is -2.09. The predicted molar refractivity (Wildman–Crippen MR) is 69.6 cm³/mol. The van der Waals surface area contributed by atoms with Gasteiger partial charge >= 0.3 is 5.97 Å². The molecule has 3 nitrogen and oxygen atoms in total. The SMILES string of the molecule is CCOC(=O)C(CS(C)=O)=C(SC)SC. The number of thioether (sulfide) groups is 2. The molecule has 0 aliphatic rings. The van der Waals surface area contributed by atoms with E-state index >= 15 is 0 Å². The fourth-order valence-electron chi connectivity index (χ4n) is 0.952. The highest BCUT2D eigenvalue weighted by molar-refractivity contribution is 8.21. The van der Waals surface area contributed by atoms with Crippen molar-refractivity contribution in [2.24, 2.45) is 0 Å². The summed E-state index contributed by atoms with van der Waals surface area (Å²) in [6, 6.07) is 0. The van der Waals surface area contributed by atoms with E-state index in [-0.39, 0.29) is 11.7 Å². The number of hydrogen-bond acceptors (Lipinski definition) is 5. The Hall–Kier alpha value is 0.0600. The Kier molecular flexibility index (Phi) is 8.27. The van der Waals surface area contributed by atoms with E-state index in [1.165, 1.54) is 23.5 Å². The fourth-order valence-corrected chi connectivity index (χ4v) is 3.27. The molecule has 0 aliphatic heterocycles. The number of esters is 1. The van der Waals surface area contributed by atoms with E-state index in [1.807, 2.05) is 12.5 Å². The van der Waals surface area contributed by atoms with Gasteiger partial charge in [0.15, 0.2) is 0 Å². The summed E-state index contributed by atoms with van der Waals surface area (Å²) in [5.41, 5.74) is 0.526. The van der Waals surface area contributed by atoms with Gasteiger partial charge in [-0.15, -0.1) is 23.5 Å². The summed E-state index contributed by atoms with van der Waals surface area (Å²) >= 11 is 2.96. The normalized spacial score (nSPS) is 12.0. The van der Waals surface area contributed by atoms with Crippen LogP contribution in [0.4, 0.5) is 0 Å². The van der Waals surface area contributed by atoms with Gasteiger partial charge in [0, 0.05) is 17.1 Å². The quantitative estimate of drug-likeness (QED) is 0.543. The van der Waals surface area contributed by atoms with Gasteiger partial charge in [-0.2, -0.15) is 0 Å². The van der Waals surface area contributed by atoms with E-state index in [1.54, 1.807) is 13.2 Å². The van der Waals surface area contributed by atoms with Crippen LogP contribution in [0.2, 0.25) is 0 Å². The maximum Gasteiger partial charge on any atom is 0.336 e. The topological polar surface area (TPSA) is 43.4 Å². The van der Waals surface area contributed by atoms with Crippen molar-refractivity contribution in [2.45, 2.75) is 6.92 Å². The van der Waals surface area contributed by atoms with Crippen LogP contribution in [0.25, 0.3) is 0 Å². The van der Waals surface area contributed by atoms with Gasteiger partial charge in [-0.1, -0.05) is 0 Å². The first-order chi connectivity index (χ1) is 7.06. The van der Waals surface area contributed by atoms with Crippen LogP contribution < -0.4 is 0 Å². The molecule has 0 aliphatic carbocycles. The Bertz CT molecular complexity index is 268. The Morgan fingerprint density at radius 1 is 1.33 bits per heavy atom. The monoisotopic (exact) mass is 268 g/mol. The van der Waals surface area contributed by atoms with Gasteiger partial charge < -0.3 is 4.74 Å². The highest BCUT2D eigenvalue weighted by Gasteiger charge is 2.17. The van der Waals surface area contributed by atoms with E-state index in [0.717, 1.165) is 4.24 Å². The van der Waals surface area contributed by atoms with E-state index in [9.17, 15) is 9.00 Å². The lowest BCUT2D eigenvalue weighted by atomic mass is 10.3. The molecule has 0 aromatic carbocycles. The first-order valence-electron chi connectivity index (χ1n) is 4.35. The van der Waals surface area contributed by atoms with Crippen LogP contribution in [0.3, 0.4) is 0 Å². The van der Waals surface area contributed by atoms with Crippen molar-refractivity contribution in [3.63, 3.8) is 0 Å². The maximum atomic E-state index is 11.6. The molecule has 0 aromatic heterocycles. The third-order valence-electron chi connectivity index (χ3n) is 1.49. The number of carbonyl (C=O) groups excluding carboxylic acids is 1. The molecule has 0 aromatic rings. The second kappa shape index (κ2) is 8.24. The van der Waals surface area contributed by atoms with Gasteiger partial charge in [-0.3, -0.25) is 4.21 Å². The van der Waals surface area contributed by atoms with Gasteiger partial charge in [0.2, 0.25) is 0 Å². The average molecular weight is 268 g/mol. The predicted octanol–water partition coefficient (Wildman–Crippen LogP) is 1.87. The zero-order chi connectivity index (χ0) is 11.8. The summed E-state index contributed by atoms with van der Waals surface area (Å²) in [7, 11) is -1.03. The largest absolute Gasteiger partial charge is 0.463 e. The van der Waals surface area contributed by atoms with Crippen molar-refractivity contribution in [3.8, 4) is 0 Å². The first-order valence-corrected chi connectivity index (χ1v) is 8.52. The standard InChI is InChI=1S/C9H16O3S3/c1-5-12-8(10)7(6-15(4)11)9(13-2)14-3/h5-6H2,1-4H3. The molecule has 0 rings (SSSR count). The minimum absolute atomic E-state index is 0.260. The van der Waals surface area contributed by atoms with Crippen molar-refractivity contribution in [1.29, 1.82) is 0 Å². The molecular formula is C9H16O3S3. The van der Waals surface area contributed by atoms with E-state index in [2.05, 4.69) is 0 Å². The Morgan fingerprint density at radius 3 is 2.20 bits per heavy atom. The van der Waals surface area contributed by atoms with Crippen molar-refractivity contribution in [1.82, 2.24) is 0 Å². The molecule has 0 radical (unpaired) electrons. The van der Waals surface area contributed by atoms with Crippen molar-refractivity contribution < 1.29 is 13.7 Å². The lowest BCUT2D eigenvalue weighted by molar-refractivity contribution is -0.138. The van der Waals surface area contributed by atoms with Crippen molar-refractivity contribution in [3.05, 3.63) is 9.81 Å². The summed E-state index contributed by atoms with van der Waals surface area (Å²) in [5, 5.41) is 0. The Balaban J connectivity index is 4.93. The second-order valence-electron chi connectivity index (χ2n) is 2.61. The average Bonchev–Trinajstić information content (AvgIpc) is 2.18. The molecule has 0 bridgehead atoms. The van der Waals surface area contributed by atoms with Gasteiger partial charge in [0.1, 0.15) is 0 Å². The molecule has 0 N–H and O–H groups in total. The highest BCUT2D eigenvalue weighted by Crippen LogP contribution is 2.28. The van der Waals surface area contributed by atoms with Gasteiger partial charge in [-0.25, -0.2) is 4.79 Å². The van der Waals surface area contributed by atoms with Crippen LogP contribution >= 0.6 is 23.5 Å². The summed E-state index contributed by atoms with van der Waals surface area (Å²) in [6.45, 7) is 2.10. The molecule has 1 atom stereocenters. The first kappa shape index (κ1) is 15.1. The maximum absolute atomic E-state index is 11.6. The van der Waals surface area contributed by atoms with Crippen molar-refractivity contribution >= 4 is 40.3 Å². The number of rotatable bonds is 6. The van der Waals surface area contributed by atoms with Crippen LogP contribution in [0, 0.1) is 0 Å². The number of carbonyl (C=O) groups is 1. The lowest BCUT2D eigenvalue weighted by Crippen LogP contribution is -2.14. The molecule has 0 spiro atoms. The van der Waals surface area contributed by atoms with Crippen molar-refractivity contribution in [2.75, 3.05) is 31.1 Å². The molecule has 1 unspecified atom stereocenters. The number of hydrogen-bond donors (Lipinski definition) is 0. The third kappa shape index (κ3) is 5.63. The van der Waals surface area contributed by atoms with Gasteiger partial charge in [-0.05, 0) is 19.4 Å². The second-order valence-corrected chi connectivity index (χ2v) is 5.94. The van der Waals surface area contributed by atoms with E-state index in [0.29, 0.717) is 12.2 Å². The molecule has 15 heavy (non-hydrogen) atoms. The third-order valence-corrected chi connectivity index (χ3v) is 4.42. The number of ether oxygens (including phenoxy) is 1. The summed E-state index contributed by atoms with van der Waals surface area (Å²) in [6.07, 6.45) is 5.37. The summed E-state index contributed by atoms with van der Waals surface area (Å²) < 4.78 is 17.0. The minimum atomic E-state index is -1.03. The molecule has 6 heteroatoms. The molecule has 0 saturated heterocycles. The molecular weight excluding hydrogens is 252 g/mol. The van der Waals surface area contributed by atoms with E-state index < -0.39 is 10.8 Å². The molecule has 0 heterocycles. The Morgan fingerprint density at radius 2 is 1.87 bits per heavy atom. The van der Waals surface area contributed by atoms with Gasteiger partial charge in [0.25, 0.3) is 0 Å². The van der Waals surface area contributed by atoms with Crippen LogP contribution in [-0.4, -0.2) is 41.3 Å². The van der Waals surface area contributed by atoms with Crippen LogP contribution in [-0.2, 0) is 20.3 Å². The van der Waals surface area contributed by atoms with Crippen LogP contribution in [0.5, 0.6) is 0 Å². The molecule has 0 amide bonds. The minimum Gasteiger partial charge on any atom is -0.463 e. The Labute approximate surface area is 102 Å². The molecule has 88 valence electrons. The van der Waals surface area contributed by atoms with E-state index in [4.69, 9.17) is 4.74 Å². The van der Waals surface area contributed by atoms with Crippen LogP contribution in [0.15, 0.2) is 9.81 Å². The fraction of sp³-hybridized carbons (Fsp3) is 0.667. The van der Waals surface area contributed by atoms with Gasteiger partial charge in [0.05, 0.1) is 22.2 Å². The molecule has 0 fully saturated rings.